The second kappa shape index (κ2) is 6.74. The molecule has 0 spiro atoms. The van der Waals surface area contributed by atoms with Crippen molar-refractivity contribution in [1.29, 1.82) is 0 Å². The number of aryl methyl sites for hydroxylation is 4. The molecule has 1 fully saturated rings. The number of anilines is 2. The zero-order valence-electron chi connectivity index (χ0n) is 15.6. The number of rotatable bonds is 3. The summed E-state index contributed by atoms with van der Waals surface area (Å²) in [6.45, 7) is 1.59. The van der Waals surface area contributed by atoms with Gasteiger partial charge in [-0.25, -0.2) is 9.78 Å². The molecule has 2 aliphatic carbocycles. The first-order chi connectivity index (χ1) is 13.2. The smallest absolute Gasteiger partial charge is 0.323 e. The van der Waals surface area contributed by atoms with Crippen LogP contribution in [-0.2, 0) is 25.7 Å². The maximum Gasteiger partial charge on any atom is 0.323 e. The van der Waals surface area contributed by atoms with E-state index in [4.69, 9.17) is 0 Å². The van der Waals surface area contributed by atoms with Gasteiger partial charge in [0, 0.05) is 25.0 Å². The molecule has 142 valence electrons. The van der Waals surface area contributed by atoms with Gasteiger partial charge in [0.1, 0.15) is 0 Å². The summed E-state index contributed by atoms with van der Waals surface area (Å²) in [5.41, 5.74) is 3.66. The Morgan fingerprint density at radius 1 is 1.15 bits per heavy atom. The lowest BCUT2D eigenvalue weighted by atomic mass is 10.0. The lowest BCUT2D eigenvalue weighted by Gasteiger charge is -2.44. The molecule has 1 saturated heterocycles. The third-order valence-electron chi connectivity index (χ3n) is 5.92. The van der Waals surface area contributed by atoms with Crippen LogP contribution in [0.25, 0.3) is 0 Å². The largest absolute Gasteiger partial charge is 0.351 e. The third kappa shape index (κ3) is 3.16. The molecule has 0 saturated carbocycles. The molecule has 2 aromatic heterocycles. The summed E-state index contributed by atoms with van der Waals surface area (Å²) in [5.74, 6) is 0.938. The molecule has 27 heavy (non-hydrogen) atoms. The van der Waals surface area contributed by atoms with E-state index in [1.807, 2.05) is 7.05 Å². The second-order valence-electron chi connectivity index (χ2n) is 7.72. The van der Waals surface area contributed by atoms with Gasteiger partial charge in [0.2, 0.25) is 0 Å². The van der Waals surface area contributed by atoms with Crippen molar-refractivity contribution in [2.75, 3.05) is 30.4 Å². The van der Waals surface area contributed by atoms with Crippen LogP contribution in [0.1, 0.15) is 41.1 Å². The van der Waals surface area contributed by atoms with Crippen LogP contribution in [0, 0.1) is 0 Å². The fourth-order valence-electron chi connectivity index (χ4n) is 4.11. The van der Waals surface area contributed by atoms with E-state index in [0.717, 1.165) is 55.4 Å². The van der Waals surface area contributed by atoms with Crippen LogP contribution in [-0.4, -0.2) is 52.3 Å². The Hall–Kier alpha value is -2.22. The third-order valence-corrected chi connectivity index (χ3v) is 6.99. The molecule has 2 aromatic rings. The second-order valence-corrected chi connectivity index (χ2v) is 8.81. The summed E-state index contributed by atoms with van der Waals surface area (Å²) in [5, 5.41) is 12.4. The highest BCUT2D eigenvalue weighted by atomic mass is 32.1. The number of carbonyl (C=O) groups is 1. The lowest BCUT2D eigenvalue weighted by Crippen LogP contribution is -2.60. The van der Waals surface area contributed by atoms with E-state index in [-0.39, 0.29) is 12.1 Å². The summed E-state index contributed by atoms with van der Waals surface area (Å²) in [6.07, 6.45) is 7.90. The first kappa shape index (κ1) is 16.9. The van der Waals surface area contributed by atoms with E-state index in [2.05, 4.69) is 31.5 Å². The predicted molar refractivity (Wildman–Crippen MR) is 106 cm³/mol. The number of likely N-dealkylation sites (N-methyl/N-ethyl adjacent to an activating group) is 1. The number of hydrogen-bond donors (Lipinski definition) is 1. The number of carbonyl (C=O) groups excluding carboxylic acids is 1. The maximum atomic E-state index is 12.6. The molecule has 0 aromatic carbocycles. The van der Waals surface area contributed by atoms with Gasteiger partial charge in [-0.2, -0.15) is 5.10 Å². The summed E-state index contributed by atoms with van der Waals surface area (Å²) < 4.78 is 0. The SMILES string of the molecule is CN(C(=O)Nc1nc2c(s1)CCCC2)C1CN(c2cc3c(nn2)CCC3)C1. The molecule has 0 atom stereocenters. The molecule has 0 bridgehead atoms. The van der Waals surface area contributed by atoms with Gasteiger partial charge in [-0.1, -0.05) is 0 Å². The summed E-state index contributed by atoms with van der Waals surface area (Å²) in [7, 11) is 1.86. The zero-order valence-corrected chi connectivity index (χ0v) is 16.4. The number of fused-ring (bicyclic) bond motifs is 2. The Bertz CT molecular complexity index is 852. The molecule has 8 heteroatoms. The first-order valence-corrected chi connectivity index (χ1v) is 10.6. The molecule has 2 amide bonds. The van der Waals surface area contributed by atoms with Crippen molar-refractivity contribution < 1.29 is 4.79 Å². The van der Waals surface area contributed by atoms with Gasteiger partial charge in [-0.05, 0) is 56.6 Å². The normalized spacial score (nSPS) is 18.6. The molecular weight excluding hydrogens is 360 g/mol. The van der Waals surface area contributed by atoms with E-state index in [1.165, 1.54) is 35.4 Å². The van der Waals surface area contributed by atoms with Gasteiger partial charge in [-0.15, -0.1) is 16.4 Å². The number of urea groups is 1. The summed E-state index contributed by atoms with van der Waals surface area (Å²) in [4.78, 5) is 22.5. The van der Waals surface area contributed by atoms with Crippen LogP contribution in [0.4, 0.5) is 15.7 Å². The summed E-state index contributed by atoms with van der Waals surface area (Å²) in [6, 6.07) is 2.28. The lowest BCUT2D eigenvalue weighted by molar-refractivity contribution is 0.191. The Balaban J connectivity index is 1.18. The van der Waals surface area contributed by atoms with Gasteiger partial charge < -0.3 is 9.80 Å². The number of thiazole rings is 1. The molecule has 1 N–H and O–H groups in total. The average molecular weight is 385 g/mol. The van der Waals surface area contributed by atoms with Crippen LogP contribution < -0.4 is 10.2 Å². The fourth-order valence-corrected chi connectivity index (χ4v) is 5.15. The number of nitrogens with one attached hydrogen (secondary N) is 1. The quantitative estimate of drug-likeness (QED) is 0.881. The van der Waals surface area contributed by atoms with Gasteiger partial charge >= 0.3 is 6.03 Å². The highest BCUT2D eigenvalue weighted by Gasteiger charge is 2.34. The minimum Gasteiger partial charge on any atom is -0.351 e. The number of aromatic nitrogens is 3. The van der Waals surface area contributed by atoms with E-state index < -0.39 is 0 Å². The predicted octanol–water partition coefficient (Wildman–Crippen LogP) is 2.65. The summed E-state index contributed by atoms with van der Waals surface area (Å²) >= 11 is 1.63. The monoisotopic (exact) mass is 384 g/mol. The maximum absolute atomic E-state index is 12.6. The van der Waals surface area contributed by atoms with Crippen LogP contribution in [0.15, 0.2) is 6.07 Å². The molecular formula is C19H24N6OS. The fraction of sp³-hybridized carbons (Fsp3) is 0.579. The van der Waals surface area contributed by atoms with Crippen LogP contribution in [0.2, 0.25) is 0 Å². The molecule has 3 heterocycles. The molecule has 5 rings (SSSR count). The van der Waals surface area contributed by atoms with Gasteiger partial charge in [-0.3, -0.25) is 5.32 Å². The van der Waals surface area contributed by atoms with Crippen LogP contribution in [0.3, 0.4) is 0 Å². The Morgan fingerprint density at radius 2 is 1.96 bits per heavy atom. The van der Waals surface area contributed by atoms with Crippen molar-refractivity contribution in [3.8, 4) is 0 Å². The van der Waals surface area contributed by atoms with Crippen molar-refractivity contribution in [1.82, 2.24) is 20.1 Å². The van der Waals surface area contributed by atoms with Crippen molar-refractivity contribution in [3.63, 3.8) is 0 Å². The highest BCUT2D eigenvalue weighted by molar-refractivity contribution is 7.15. The average Bonchev–Trinajstić information content (AvgIpc) is 3.25. The topological polar surface area (TPSA) is 74.2 Å². The van der Waals surface area contributed by atoms with Gasteiger partial charge in [0.05, 0.1) is 17.4 Å². The Morgan fingerprint density at radius 3 is 2.81 bits per heavy atom. The molecule has 1 aliphatic heterocycles. The van der Waals surface area contributed by atoms with Crippen molar-refractivity contribution >= 4 is 28.3 Å². The first-order valence-electron chi connectivity index (χ1n) is 9.80. The highest BCUT2D eigenvalue weighted by Crippen LogP contribution is 2.30. The zero-order chi connectivity index (χ0) is 18.4. The minimum atomic E-state index is -0.0780. The number of amides is 2. The van der Waals surface area contributed by atoms with E-state index in [9.17, 15) is 4.79 Å². The minimum absolute atomic E-state index is 0.0780. The van der Waals surface area contributed by atoms with Crippen LogP contribution >= 0.6 is 11.3 Å². The molecule has 0 radical (unpaired) electrons. The van der Waals surface area contributed by atoms with E-state index >= 15 is 0 Å². The van der Waals surface area contributed by atoms with Crippen molar-refractivity contribution in [2.45, 2.75) is 51.0 Å². The number of nitrogens with zero attached hydrogens (tertiary/aromatic N) is 5. The van der Waals surface area contributed by atoms with Crippen LogP contribution in [0.5, 0.6) is 0 Å². The van der Waals surface area contributed by atoms with Crippen molar-refractivity contribution in [2.24, 2.45) is 0 Å². The standard InChI is InChI=1S/C19H24N6OS/c1-24(19(26)21-18-20-15-6-2-3-8-16(15)27-18)13-10-25(11-13)17-9-12-5-4-7-14(12)22-23-17/h9,13H,2-8,10-11H2,1H3,(H,20,21,26). The Labute approximate surface area is 162 Å². The van der Waals surface area contributed by atoms with Crippen molar-refractivity contribution in [3.05, 3.63) is 27.9 Å². The van der Waals surface area contributed by atoms with E-state index in [1.54, 1.807) is 16.2 Å². The molecule has 7 nitrogen and oxygen atoms in total. The van der Waals surface area contributed by atoms with Gasteiger partial charge in [0.25, 0.3) is 0 Å². The Kier molecular flexibility index (Phi) is 4.22. The molecule has 3 aliphatic rings. The molecule has 0 unspecified atom stereocenters. The number of hydrogen-bond acceptors (Lipinski definition) is 6. The van der Waals surface area contributed by atoms with Gasteiger partial charge in [0.15, 0.2) is 10.9 Å². The van der Waals surface area contributed by atoms with E-state index in [0.29, 0.717) is 0 Å².